The van der Waals surface area contributed by atoms with Crippen molar-refractivity contribution in [1.82, 2.24) is 4.98 Å². The molecule has 4 nitrogen and oxygen atoms in total. The molecule has 0 fully saturated rings. The molecule has 0 amide bonds. The fourth-order valence-electron chi connectivity index (χ4n) is 1.85. The molecule has 1 heterocycles. The highest BCUT2D eigenvalue weighted by atomic mass is 35.5. The van der Waals surface area contributed by atoms with E-state index in [1.807, 2.05) is 37.4 Å². The maximum absolute atomic E-state index is 5.97. The van der Waals surface area contributed by atoms with Gasteiger partial charge in [-0.3, -0.25) is 4.98 Å². The lowest BCUT2D eigenvalue weighted by molar-refractivity contribution is -0.0858. The van der Waals surface area contributed by atoms with Crippen LogP contribution in [0, 0.1) is 0 Å². The van der Waals surface area contributed by atoms with Gasteiger partial charge in [0.05, 0.1) is 10.6 Å². The molecule has 5 heteroatoms. The highest BCUT2D eigenvalue weighted by Gasteiger charge is 2.02. The number of fused-ring (bicyclic) bond motifs is 1. The number of aromatic nitrogens is 1. The van der Waals surface area contributed by atoms with Crippen molar-refractivity contribution >= 4 is 34.4 Å². The number of benzene rings is 1. The van der Waals surface area contributed by atoms with Gasteiger partial charge < -0.3 is 5.32 Å². The Hall–Kier alpha value is -1.90. The quantitative estimate of drug-likeness (QED) is 0.380. The lowest BCUT2D eigenvalue weighted by atomic mass is 10.2. The van der Waals surface area contributed by atoms with Gasteiger partial charge in [0.2, 0.25) is 0 Å². The van der Waals surface area contributed by atoms with E-state index in [1.165, 1.54) is 0 Å². The van der Waals surface area contributed by atoms with E-state index in [9.17, 15) is 0 Å². The van der Waals surface area contributed by atoms with Gasteiger partial charge in [0, 0.05) is 40.0 Å². The SMILES string of the molecule is CCC=[N+]=NCCCNc1ccnc2cc(Cl)ccc12. The van der Waals surface area contributed by atoms with E-state index >= 15 is 0 Å². The van der Waals surface area contributed by atoms with Crippen molar-refractivity contribution in [2.75, 3.05) is 18.4 Å². The predicted molar refractivity (Wildman–Crippen MR) is 83.8 cm³/mol. The first-order chi connectivity index (χ1) is 9.81. The molecule has 2 aromatic rings. The summed E-state index contributed by atoms with van der Waals surface area (Å²) in [5, 5.41) is 9.25. The van der Waals surface area contributed by atoms with Gasteiger partial charge in [-0.05, 0) is 30.7 Å². The van der Waals surface area contributed by atoms with Crippen molar-refractivity contribution in [3.05, 3.63) is 35.5 Å². The number of nitrogens with one attached hydrogen (secondary N) is 1. The van der Waals surface area contributed by atoms with E-state index in [0.717, 1.165) is 42.5 Å². The van der Waals surface area contributed by atoms with Gasteiger partial charge in [-0.25, -0.2) is 0 Å². The molecule has 0 spiro atoms. The number of rotatable bonds is 6. The van der Waals surface area contributed by atoms with Gasteiger partial charge in [-0.1, -0.05) is 18.5 Å². The molecule has 0 aliphatic carbocycles. The van der Waals surface area contributed by atoms with Crippen LogP contribution in [0.4, 0.5) is 5.69 Å². The van der Waals surface area contributed by atoms with Crippen LogP contribution in [0.1, 0.15) is 19.8 Å². The normalized spacial score (nSPS) is 10.1. The standard InChI is InChI=1S/C15H18ClN4/c1-2-7-19-20-9-3-8-17-14-6-10-18-15-11-12(16)4-5-13(14)15/h4-7,10-11H,2-3,8-9H2,1H3,(H,17,18)/q+1. The molecule has 0 aliphatic heterocycles. The van der Waals surface area contributed by atoms with Crippen molar-refractivity contribution in [3.8, 4) is 0 Å². The van der Waals surface area contributed by atoms with Gasteiger partial charge in [-0.2, -0.15) is 0 Å². The molecule has 1 aromatic carbocycles. The zero-order valence-electron chi connectivity index (χ0n) is 11.5. The Morgan fingerprint density at radius 1 is 1.40 bits per heavy atom. The zero-order valence-corrected chi connectivity index (χ0v) is 12.3. The summed E-state index contributed by atoms with van der Waals surface area (Å²) in [5.74, 6) is 0. The topological polar surface area (TPSA) is 51.4 Å². The molecule has 20 heavy (non-hydrogen) atoms. The molecule has 0 aliphatic rings. The lowest BCUT2D eigenvalue weighted by Gasteiger charge is -2.08. The summed E-state index contributed by atoms with van der Waals surface area (Å²) < 4.78 is 0. The average molecular weight is 290 g/mol. The molecule has 0 unspecified atom stereocenters. The van der Waals surface area contributed by atoms with Crippen LogP contribution in [0.25, 0.3) is 10.9 Å². The second-order valence-corrected chi connectivity index (χ2v) is 4.81. The van der Waals surface area contributed by atoms with Gasteiger partial charge >= 0.3 is 6.21 Å². The molecule has 0 radical (unpaired) electrons. The van der Waals surface area contributed by atoms with E-state index < -0.39 is 0 Å². The Morgan fingerprint density at radius 3 is 3.15 bits per heavy atom. The Labute approximate surface area is 123 Å². The van der Waals surface area contributed by atoms with Crippen molar-refractivity contribution in [2.24, 2.45) is 5.11 Å². The maximum Gasteiger partial charge on any atom is 0.306 e. The second kappa shape index (κ2) is 7.63. The van der Waals surface area contributed by atoms with E-state index in [1.54, 1.807) is 6.20 Å². The highest BCUT2D eigenvalue weighted by Crippen LogP contribution is 2.24. The summed E-state index contributed by atoms with van der Waals surface area (Å²) in [6, 6.07) is 7.72. The molecular weight excluding hydrogens is 272 g/mol. The Balaban J connectivity index is 1.95. The number of hydrogen-bond donors (Lipinski definition) is 1. The first-order valence-corrected chi connectivity index (χ1v) is 7.15. The average Bonchev–Trinajstić information content (AvgIpc) is 2.46. The summed E-state index contributed by atoms with van der Waals surface area (Å²) in [7, 11) is 0. The van der Waals surface area contributed by atoms with Crippen molar-refractivity contribution in [2.45, 2.75) is 19.8 Å². The largest absolute Gasteiger partial charge is 0.384 e. The van der Waals surface area contributed by atoms with E-state index in [4.69, 9.17) is 11.6 Å². The van der Waals surface area contributed by atoms with Crippen LogP contribution in [-0.2, 0) is 0 Å². The van der Waals surface area contributed by atoms with E-state index in [-0.39, 0.29) is 0 Å². The zero-order chi connectivity index (χ0) is 14.2. The molecule has 1 N–H and O–H groups in total. The molecule has 2 rings (SSSR count). The maximum atomic E-state index is 5.97. The first kappa shape index (κ1) is 14.5. The van der Waals surface area contributed by atoms with Crippen molar-refractivity contribution in [3.63, 3.8) is 0 Å². The molecular formula is C15H18ClN4+. The summed E-state index contributed by atoms with van der Waals surface area (Å²) in [4.78, 5) is 8.26. The Kier molecular flexibility index (Phi) is 5.54. The molecule has 0 saturated heterocycles. The summed E-state index contributed by atoms with van der Waals surface area (Å²) >= 11 is 5.97. The minimum absolute atomic E-state index is 0.703. The minimum Gasteiger partial charge on any atom is -0.384 e. The molecule has 0 bridgehead atoms. The van der Waals surface area contributed by atoms with Crippen LogP contribution in [0.2, 0.25) is 5.02 Å². The minimum atomic E-state index is 0.703. The first-order valence-electron chi connectivity index (χ1n) is 6.77. The van der Waals surface area contributed by atoms with E-state index in [2.05, 4.69) is 20.2 Å². The number of halogens is 1. The van der Waals surface area contributed by atoms with Crippen LogP contribution in [-0.4, -0.2) is 29.1 Å². The smallest absolute Gasteiger partial charge is 0.306 e. The Bertz CT molecular complexity index is 633. The highest BCUT2D eigenvalue weighted by molar-refractivity contribution is 6.31. The lowest BCUT2D eigenvalue weighted by Crippen LogP contribution is -2.03. The van der Waals surface area contributed by atoms with Gasteiger partial charge in [0.15, 0.2) is 0 Å². The van der Waals surface area contributed by atoms with Crippen LogP contribution >= 0.6 is 11.6 Å². The third kappa shape index (κ3) is 4.05. The van der Waals surface area contributed by atoms with Crippen LogP contribution in [0.15, 0.2) is 35.6 Å². The number of anilines is 1. The fraction of sp³-hybridized carbons (Fsp3) is 0.333. The third-order valence-electron chi connectivity index (χ3n) is 2.80. The van der Waals surface area contributed by atoms with Crippen LogP contribution < -0.4 is 5.32 Å². The van der Waals surface area contributed by atoms with Crippen LogP contribution in [0.3, 0.4) is 0 Å². The van der Waals surface area contributed by atoms with Crippen molar-refractivity contribution < 1.29 is 4.79 Å². The third-order valence-corrected chi connectivity index (χ3v) is 3.04. The van der Waals surface area contributed by atoms with Gasteiger partial charge in [-0.15, -0.1) is 0 Å². The number of nitrogens with zero attached hydrogens (tertiary/aromatic N) is 3. The second-order valence-electron chi connectivity index (χ2n) is 4.37. The van der Waals surface area contributed by atoms with Gasteiger partial charge in [0.25, 0.3) is 0 Å². The molecule has 0 atom stereocenters. The fourth-order valence-corrected chi connectivity index (χ4v) is 2.01. The monoisotopic (exact) mass is 289 g/mol. The molecule has 104 valence electrons. The summed E-state index contributed by atoms with van der Waals surface area (Å²) in [6.45, 7) is 3.63. The Morgan fingerprint density at radius 2 is 2.30 bits per heavy atom. The van der Waals surface area contributed by atoms with Gasteiger partial charge in [0.1, 0.15) is 6.54 Å². The number of pyridine rings is 1. The number of hydrogen-bond acceptors (Lipinski definition) is 3. The summed E-state index contributed by atoms with van der Waals surface area (Å²) in [5.41, 5.74) is 1.98. The molecule has 1 aromatic heterocycles. The van der Waals surface area contributed by atoms with Crippen LogP contribution in [0.5, 0.6) is 0 Å². The molecule has 0 saturated carbocycles. The predicted octanol–water partition coefficient (Wildman–Crippen LogP) is 3.83. The van der Waals surface area contributed by atoms with Crippen molar-refractivity contribution in [1.29, 1.82) is 0 Å². The van der Waals surface area contributed by atoms with E-state index in [0.29, 0.717) is 5.02 Å². The summed E-state index contributed by atoms with van der Waals surface area (Å²) in [6.07, 6.45) is 5.47.